The molecule has 3 nitrogen and oxygen atoms in total. The van der Waals surface area contributed by atoms with Gasteiger partial charge in [-0.1, -0.05) is 12.1 Å². The van der Waals surface area contributed by atoms with Gasteiger partial charge in [-0.15, -0.1) is 0 Å². The van der Waals surface area contributed by atoms with Gasteiger partial charge < -0.3 is 4.57 Å². The molecule has 0 aliphatic heterocycles. The Labute approximate surface area is 117 Å². The summed E-state index contributed by atoms with van der Waals surface area (Å²) in [6.45, 7) is 0. The normalized spacial score (nSPS) is 12.5. The number of hydrogen-bond donors (Lipinski definition) is 0. The summed E-state index contributed by atoms with van der Waals surface area (Å²) < 4.78 is 53.1. The lowest BCUT2D eigenvalue weighted by molar-refractivity contribution is -0.140. The summed E-state index contributed by atoms with van der Waals surface area (Å²) in [5.41, 5.74) is -1.99. The SMILES string of the molecule is Cn1ccccc1=NC(=O)c1cccc(C(F)(F)F)c1F. The van der Waals surface area contributed by atoms with Crippen molar-refractivity contribution in [3.05, 3.63) is 65.0 Å². The van der Waals surface area contributed by atoms with Crippen molar-refractivity contribution in [1.29, 1.82) is 0 Å². The van der Waals surface area contributed by atoms with Gasteiger partial charge in [0.05, 0.1) is 11.1 Å². The van der Waals surface area contributed by atoms with Crippen molar-refractivity contribution in [3.8, 4) is 0 Å². The van der Waals surface area contributed by atoms with Crippen LogP contribution in [0.15, 0.2) is 47.6 Å². The molecule has 0 atom stereocenters. The minimum absolute atomic E-state index is 0.208. The molecule has 0 fully saturated rings. The van der Waals surface area contributed by atoms with Gasteiger partial charge in [0.25, 0.3) is 5.91 Å². The summed E-state index contributed by atoms with van der Waals surface area (Å²) in [6, 6.07) is 7.31. The third kappa shape index (κ3) is 3.18. The smallest absolute Gasteiger partial charge is 0.336 e. The second-order valence-electron chi connectivity index (χ2n) is 4.25. The zero-order chi connectivity index (χ0) is 15.6. The zero-order valence-electron chi connectivity index (χ0n) is 10.9. The first-order chi connectivity index (χ1) is 9.80. The van der Waals surface area contributed by atoms with Crippen molar-refractivity contribution in [2.24, 2.45) is 12.0 Å². The molecule has 1 aromatic carbocycles. The van der Waals surface area contributed by atoms with Crippen molar-refractivity contribution in [1.82, 2.24) is 4.57 Å². The number of carbonyl (C=O) groups excluding carboxylic acids is 1. The minimum Gasteiger partial charge on any atom is -0.336 e. The highest BCUT2D eigenvalue weighted by Gasteiger charge is 2.35. The summed E-state index contributed by atoms with van der Waals surface area (Å²) in [5, 5.41) is 0. The second kappa shape index (κ2) is 5.51. The lowest BCUT2D eigenvalue weighted by Crippen LogP contribution is -2.19. The first-order valence-corrected chi connectivity index (χ1v) is 5.87. The van der Waals surface area contributed by atoms with Crippen LogP contribution in [0.25, 0.3) is 0 Å². The van der Waals surface area contributed by atoms with Crippen molar-refractivity contribution in [2.75, 3.05) is 0 Å². The van der Waals surface area contributed by atoms with Gasteiger partial charge in [-0.3, -0.25) is 4.79 Å². The largest absolute Gasteiger partial charge is 0.419 e. The molecule has 0 aliphatic carbocycles. The van der Waals surface area contributed by atoms with Gasteiger partial charge in [0.15, 0.2) is 0 Å². The Morgan fingerprint density at radius 1 is 1.14 bits per heavy atom. The van der Waals surface area contributed by atoms with Gasteiger partial charge in [-0.25, -0.2) is 4.39 Å². The van der Waals surface area contributed by atoms with Gasteiger partial charge in [0.2, 0.25) is 0 Å². The predicted octanol–water partition coefficient (Wildman–Crippen LogP) is 2.92. The summed E-state index contributed by atoms with van der Waals surface area (Å²) in [7, 11) is 1.61. The number of aryl methyl sites for hydroxylation is 1. The van der Waals surface area contributed by atoms with E-state index in [0.29, 0.717) is 6.07 Å². The van der Waals surface area contributed by atoms with Gasteiger partial charge in [-0.05, 0) is 24.3 Å². The highest BCUT2D eigenvalue weighted by atomic mass is 19.4. The highest BCUT2D eigenvalue weighted by Crippen LogP contribution is 2.32. The molecule has 2 rings (SSSR count). The van der Waals surface area contributed by atoms with Gasteiger partial charge >= 0.3 is 6.18 Å². The standard InChI is InChI=1S/C14H10F4N2O/c1-20-8-3-2-7-11(20)19-13(21)9-5-4-6-10(12(9)15)14(16,17)18/h2-8H,1H3. The number of aromatic nitrogens is 1. The number of alkyl halides is 3. The maximum atomic E-state index is 13.8. The van der Waals surface area contributed by atoms with Crippen LogP contribution in [0.1, 0.15) is 15.9 Å². The molecule has 7 heteroatoms. The van der Waals surface area contributed by atoms with Crippen molar-refractivity contribution < 1.29 is 22.4 Å². The molecule has 0 unspecified atom stereocenters. The van der Waals surface area contributed by atoms with Crippen LogP contribution in [0.3, 0.4) is 0 Å². The summed E-state index contributed by atoms with van der Waals surface area (Å²) in [5.74, 6) is -2.68. The van der Waals surface area contributed by atoms with E-state index in [2.05, 4.69) is 4.99 Å². The van der Waals surface area contributed by atoms with Gasteiger partial charge in [0.1, 0.15) is 11.3 Å². The molecule has 110 valence electrons. The molecule has 0 spiro atoms. The fourth-order valence-electron chi connectivity index (χ4n) is 1.71. The zero-order valence-corrected chi connectivity index (χ0v) is 10.9. The fourth-order valence-corrected chi connectivity index (χ4v) is 1.71. The van der Waals surface area contributed by atoms with Crippen LogP contribution >= 0.6 is 0 Å². The average molecular weight is 298 g/mol. The Morgan fingerprint density at radius 3 is 2.48 bits per heavy atom. The van der Waals surface area contributed by atoms with Crippen LogP contribution < -0.4 is 5.49 Å². The summed E-state index contributed by atoms with van der Waals surface area (Å²) >= 11 is 0. The van der Waals surface area contributed by atoms with Crippen LogP contribution in [-0.2, 0) is 13.2 Å². The predicted molar refractivity (Wildman–Crippen MR) is 66.7 cm³/mol. The second-order valence-corrected chi connectivity index (χ2v) is 4.25. The molecular weight excluding hydrogens is 288 g/mol. The van der Waals surface area contributed by atoms with Crippen molar-refractivity contribution in [3.63, 3.8) is 0 Å². The average Bonchev–Trinajstić information content (AvgIpc) is 2.40. The number of amides is 1. The number of carbonyl (C=O) groups is 1. The Hall–Kier alpha value is -2.44. The van der Waals surface area contributed by atoms with E-state index in [4.69, 9.17) is 0 Å². The van der Waals surface area contributed by atoms with Crippen LogP contribution in [0.4, 0.5) is 17.6 Å². The number of benzene rings is 1. The third-order valence-electron chi connectivity index (χ3n) is 2.78. The molecule has 1 heterocycles. The third-order valence-corrected chi connectivity index (χ3v) is 2.78. The van der Waals surface area contributed by atoms with E-state index in [1.807, 2.05) is 0 Å². The first-order valence-electron chi connectivity index (χ1n) is 5.87. The summed E-state index contributed by atoms with van der Waals surface area (Å²) in [4.78, 5) is 15.5. The molecule has 0 aliphatic rings. The molecule has 2 aromatic rings. The van der Waals surface area contributed by atoms with Crippen LogP contribution in [0.5, 0.6) is 0 Å². The maximum Gasteiger partial charge on any atom is 0.419 e. The van der Waals surface area contributed by atoms with Crippen LogP contribution in [0.2, 0.25) is 0 Å². The topological polar surface area (TPSA) is 34.4 Å². The molecule has 21 heavy (non-hydrogen) atoms. The Morgan fingerprint density at radius 2 is 1.86 bits per heavy atom. The minimum atomic E-state index is -4.86. The number of halogens is 4. The number of nitrogens with zero attached hydrogens (tertiary/aromatic N) is 2. The van der Waals surface area contributed by atoms with E-state index in [-0.39, 0.29) is 5.49 Å². The van der Waals surface area contributed by atoms with Crippen molar-refractivity contribution >= 4 is 5.91 Å². The van der Waals surface area contributed by atoms with Crippen molar-refractivity contribution in [2.45, 2.75) is 6.18 Å². The molecule has 0 bridgehead atoms. The van der Waals surface area contributed by atoms with Gasteiger partial charge in [-0.2, -0.15) is 18.2 Å². The first kappa shape index (κ1) is 15.0. The molecule has 0 radical (unpaired) electrons. The van der Waals surface area contributed by atoms with E-state index in [0.717, 1.165) is 12.1 Å². The Kier molecular flexibility index (Phi) is 3.93. The molecule has 0 N–H and O–H groups in total. The molecule has 1 aromatic heterocycles. The molecule has 1 amide bonds. The van der Waals surface area contributed by atoms with Crippen LogP contribution in [0, 0.1) is 5.82 Å². The Bertz CT molecular complexity index is 747. The van der Waals surface area contributed by atoms with E-state index in [1.54, 1.807) is 25.4 Å². The van der Waals surface area contributed by atoms with E-state index >= 15 is 0 Å². The van der Waals surface area contributed by atoms with Crippen LogP contribution in [-0.4, -0.2) is 10.5 Å². The van der Waals surface area contributed by atoms with E-state index in [9.17, 15) is 22.4 Å². The molecule has 0 saturated heterocycles. The van der Waals surface area contributed by atoms with E-state index in [1.165, 1.54) is 10.6 Å². The number of rotatable bonds is 1. The molecule has 0 saturated carbocycles. The maximum absolute atomic E-state index is 13.8. The highest BCUT2D eigenvalue weighted by molar-refractivity contribution is 5.95. The Balaban J connectivity index is 2.51. The summed E-state index contributed by atoms with van der Waals surface area (Å²) in [6.07, 6.45) is -3.26. The lowest BCUT2D eigenvalue weighted by Gasteiger charge is -2.09. The number of pyridine rings is 1. The fraction of sp³-hybridized carbons (Fsp3) is 0.143. The molecular formula is C14H10F4N2O. The lowest BCUT2D eigenvalue weighted by atomic mass is 10.1. The number of hydrogen-bond acceptors (Lipinski definition) is 1. The van der Waals surface area contributed by atoms with Gasteiger partial charge in [0, 0.05) is 13.2 Å². The quantitative estimate of drug-likeness (QED) is 0.745. The monoisotopic (exact) mass is 298 g/mol. The van der Waals surface area contributed by atoms with E-state index < -0.39 is 29.0 Å².